The molecule has 92 valence electrons. The number of nitrogen functional groups attached to an aromatic ring is 1. The molecule has 3 N–H and O–H groups in total. The first kappa shape index (κ1) is 12.1. The fraction of sp³-hybridized carbons (Fsp3) is 0.214. The molecule has 0 aliphatic rings. The van der Waals surface area contributed by atoms with E-state index in [1.807, 2.05) is 38.1 Å². The largest absolute Gasteiger partial charge is 0.491 e. The van der Waals surface area contributed by atoms with E-state index >= 15 is 0 Å². The smallest absolute Gasteiger partial charge is 0.119 e. The second-order valence-electron chi connectivity index (χ2n) is 4.29. The van der Waals surface area contributed by atoms with Crippen LogP contribution in [0.25, 0.3) is 11.1 Å². The normalized spacial score (nSPS) is 10.3. The molecule has 1 aromatic heterocycles. The van der Waals surface area contributed by atoms with E-state index in [9.17, 15) is 0 Å². The monoisotopic (exact) mass is 241 g/mol. The molecule has 0 bridgehead atoms. The van der Waals surface area contributed by atoms with Gasteiger partial charge in [0, 0.05) is 11.8 Å². The minimum atomic E-state index is 0.147. The molecule has 2 rings (SSSR count). The summed E-state index contributed by atoms with van der Waals surface area (Å²) in [6, 6.07) is 9.71. The van der Waals surface area contributed by atoms with E-state index in [4.69, 9.17) is 15.7 Å². The van der Waals surface area contributed by atoms with Gasteiger partial charge < -0.3 is 15.5 Å². The molecule has 2 aromatic rings. The van der Waals surface area contributed by atoms with Gasteiger partial charge in [0.15, 0.2) is 0 Å². The van der Waals surface area contributed by atoms with Crippen molar-refractivity contribution in [3.63, 3.8) is 0 Å². The minimum absolute atomic E-state index is 0.147. The Labute approximate surface area is 106 Å². The van der Waals surface area contributed by atoms with Crippen LogP contribution in [-0.2, 0) is 0 Å². The first-order valence-electron chi connectivity index (χ1n) is 5.76. The summed E-state index contributed by atoms with van der Waals surface area (Å²) < 4.78 is 5.57. The summed E-state index contributed by atoms with van der Waals surface area (Å²) in [5.74, 6) is 1.21. The van der Waals surface area contributed by atoms with Crippen molar-refractivity contribution in [3.8, 4) is 22.9 Å². The van der Waals surface area contributed by atoms with Gasteiger partial charge in [0.1, 0.15) is 23.2 Å². The third-order valence-corrected chi connectivity index (χ3v) is 2.56. The van der Waals surface area contributed by atoms with Gasteiger partial charge in [0.25, 0.3) is 0 Å². The molecule has 0 amide bonds. The third-order valence-electron chi connectivity index (χ3n) is 2.56. The number of hydrogen-bond donors (Lipinski definition) is 2. The standard InChI is InChI=1S/C14H15N3O/c1-9(2)18-11-5-3-10(4-6-11)13-8-17-14(16)12(13)7-15/h3-6,8-9,17H,16H2,1-2H3. The van der Waals surface area contributed by atoms with Crippen LogP contribution in [0.2, 0.25) is 0 Å². The van der Waals surface area contributed by atoms with Crippen LogP contribution in [0.5, 0.6) is 5.75 Å². The van der Waals surface area contributed by atoms with Gasteiger partial charge in [-0.05, 0) is 31.5 Å². The van der Waals surface area contributed by atoms with Gasteiger partial charge >= 0.3 is 0 Å². The highest BCUT2D eigenvalue weighted by Crippen LogP contribution is 2.28. The van der Waals surface area contributed by atoms with Gasteiger partial charge in [0.2, 0.25) is 0 Å². The molecule has 18 heavy (non-hydrogen) atoms. The molecular formula is C14H15N3O. The predicted molar refractivity (Wildman–Crippen MR) is 71.1 cm³/mol. The minimum Gasteiger partial charge on any atom is -0.491 e. The lowest BCUT2D eigenvalue weighted by molar-refractivity contribution is 0.242. The van der Waals surface area contributed by atoms with E-state index in [1.54, 1.807) is 6.20 Å². The summed E-state index contributed by atoms with van der Waals surface area (Å²) in [7, 11) is 0. The first-order valence-corrected chi connectivity index (χ1v) is 5.76. The Morgan fingerprint density at radius 3 is 2.50 bits per heavy atom. The zero-order valence-corrected chi connectivity index (χ0v) is 10.4. The highest BCUT2D eigenvalue weighted by atomic mass is 16.5. The van der Waals surface area contributed by atoms with Crippen molar-refractivity contribution in [2.75, 3.05) is 5.73 Å². The fourth-order valence-electron chi connectivity index (χ4n) is 1.77. The van der Waals surface area contributed by atoms with Gasteiger partial charge in [-0.3, -0.25) is 0 Å². The van der Waals surface area contributed by atoms with Crippen molar-refractivity contribution in [3.05, 3.63) is 36.0 Å². The van der Waals surface area contributed by atoms with Gasteiger partial charge in [-0.1, -0.05) is 12.1 Å². The first-order chi connectivity index (χ1) is 8.61. The summed E-state index contributed by atoms with van der Waals surface area (Å²) >= 11 is 0. The second-order valence-corrected chi connectivity index (χ2v) is 4.29. The molecule has 0 aliphatic heterocycles. The van der Waals surface area contributed by atoms with Crippen molar-refractivity contribution in [1.29, 1.82) is 5.26 Å². The topological polar surface area (TPSA) is 74.8 Å². The van der Waals surface area contributed by atoms with Gasteiger partial charge in [-0.15, -0.1) is 0 Å². The molecule has 0 radical (unpaired) electrons. The Balaban J connectivity index is 2.32. The van der Waals surface area contributed by atoms with Crippen LogP contribution in [-0.4, -0.2) is 11.1 Å². The SMILES string of the molecule is CC(C)Oc1ccc(-c2c[nH]c(N)c2C#N)cc1. The molecule has 0 fully saturated rings. The Morgan fingerprint density at radius 2 is 1.94 bits per heavy atom. The van der Waals surface area contributed by atoms with Crippen LogP contribution in [0.1, 0.15) is 19.4 Å². The van der Waals surface area contributed by atoms with Crippen molar-refractivity contribution in [2.45, 2.75) is 20.0 Å². The number of hydrogen-bond acceptors (Lipinski definition) is 3. The molecule has 0 atom stereocenters. The highest BCUT2D eigenvalue weighted by Gasteiger charge is 2.10. The number of nitriles is 1. The zero-order valence-electron chi connectivity index (χ0n) is 10.4. The highest BCUT2D eigenvalue weighted by molar-refractivity contribution is 5.76. The van der Waals surface area contributed by atoms with E-state index < -0.39 is 0 Å². The maximum atomic E-state index is 9.05. The summed E-state index contributed by atoms with van der Waals surface area (Å²) in [6.45, 7) is 3.96. The lowest BCUT2D eigenvalue weighted by Crippen LogP contribution is -2.05. The molecule has 4 heteroatoms. The maximum absolute atomic E-state index is 9.05. The summed E-state index contributed by atoms with van der Waals surface area (Å²) in [6.07, 6.45) is 1.89. The average Bonchev–Trinajstić information content (AvgIpc) is 2.70. The Morgan fingerprint density at radius 1 is 1.28 bits per heavy atom. The van der Waals surface area contributed by atoms with Crippen molar-refractivity contribution in [1.82, 2.24) is 4.98 Å². The van der Waals surface area contributed by atoms with Crippen molar-refractivity contribution < 1.29 is 4.74 Å². The van der Waals surface area contributed by atoms with Crippen molar-refractivity contribution in [2.24, 2.45) is 0 Å². The average molecular weight is 241 g/mol. The Hall–Kier alpha value is -2.41. The lowest BCUT2D eigenvalue weighted by Gasteiger charge is -2.09. The number of aromatic nitrogens is 1. The number of benzene rings is 1. The number of nitrogens with one attached hydrogen (secondary N) is 1. The van der Waals surface area contributed by atoms with Crippen LogP contribution < -0.4 is 10.5 Å². The Bertz CT molecular complexity index is 576. The molecule has 4 nitrogen and oxygen atoms in total. The van der Waals surface area contributed by atoms with Crippen LogP contribution >= 0.6 is 0 Å². The fourth-order valence-corrected chi connectivity index (χ4v) is 1.77. The molecule has 0 saturated heterocycles. The molecule has 1 aromatic carbocycles. The number of rotatable bonds is 3. The summed E-state index contributed by atoms with van der Waals surface area (Å²) in [4.78, 5) is 2.86. The molecule has 0 unspecified atom stereocenters. The summed E-state index contributed by atoms with van der Waals surface area (Å²) in [5.41, 5.74) is 7.91. The van der Waals surface area contributed by atoms with E-state index in [0.717, 1.165) is 16.9 Å². The molecule has 0 saturated carbocycles. The molecule has 0 aliphatic carbocycles. The number of H-pyrrole nitrogens is 1. The van der Waals surface area contributed by atoms with E-state index in [1.165, 1.54) is 0 Å². The third kappa shape index (κ3) is 2.30. The van der Waals surface area contributed by atoms with Crippen molar-refractivity contribution >= 4 is 5.82 Å². The molecule has 1 heterocycles. The van der Waals surface area contributed by atoms with Crippen LogP contribution in [0.3, 0.4) is 0 Å². The predicted octanol–water partition coefficient (Wildman–Crippen LogP) is 2.92. The maximum Gasteiger partial charge on any atom is 0.119 e. The zero-order chi connectivity index (χ0) is 13.1. The number of ether oxygens (including phenoxy) is 1. The summed E-state index contributed by atoms with van der Waals surface area (Å²) in [5, 5.41) is 9.05. The number of nitrogens with two attached hydrogens (primary N) is 1. The molecule has 0 spiro atoms. The molecular weight excluding hydrogens is 226 g/mol. The van der Waals surface area contributed by atoms with E-state index in [2.05, 4.69) is 11.1 Å². The van der Waals surface area contributed by atoms with E-state index in [-0.39, 0.29) is 6.10 Å². The van der Waals surface area contributed by atoms with Crippen LogP contribution in [0, 0.1) is 11.3 Å². The Kier molecular flexibility index (Phi) is 3.24. The van der Waals surface area contributed by atoms with E-state index in [0.29, 0.717) is 11.4 Å². The second kappa shape index (κ2) is 4.84. The van der Waals surface area contributed by atoms with Crippen LogP contribution in [0.4, 0.5) is 5.82 Å². The number of anilines is 1. The van der Waals surface area contributed by atoms with Gasteiger partial charge in [-0.2, -0.15) is 5.26 Å². The quantitative estimate of drug-likeness (QED) is 0.867. The van der Waals surface area contributed by atoms with Gasteiger partial charge in [0.05, 0.1) is 6.10 Å². The van der Waals surface area contributed by atoms with Gasteiger partial charge in [-0.25, -0.2) is 0 Å². The van der Waals surface area contributed by atoms with Crippen LogP contribution in [0.15, 0.2) is 30.5 Å². The lowest BCUT2D eigenvalue weighted by atomic mass is 10.0. The number of nitrogens with zero attached hydrogens (tertiary/aromatic N) is 1. The number of aromatic amines is 1.